The number of aliphatic hydroxyl groups is 3. The van der Waals surface area contributed by atoms with Crippen molar-refractivity contribution in [3.63, 3.8) is 0 Å². The van der Waals surface area contributed by atoms with Gasteiger partial charge in [0.1, 0.15) is 23.8 Å². The summed E-state index contributed by atoms with van der Waals surface area (Å²) in [5, 5.41) is 33.8. The standard InChI is InChI=1S/C14H17Cl2N3O6S/c15-9-4-11(21)10(20)3-8(9)5-14(22,13(16)1-2-13)6-19-12(17-7-18-19)26(23,24)25/h4,7,10,20-22H,1-3,5-6H2,(H,23,24,25). The molecule has 1 saturated carbocycles. The third-order valence-electron chi connectivity index (χ3n) is 4.64. The van der Waals surface area contributed by atoms with Gasteiger partial charge in [-0.25, -0.2) is 9.67 Å². The molecule has 0 saturated heterocycles. The van der Waals surface area contributed by atoms with Crippen LogP contribution in [-0.2, 0) is 16.7 Å². The van der Waals surface area contributed by atoms with Crippen molar-refractivity contribution in [1.82, 2.24) is 14.8 Å². The molecule has 2 aliphatic carbocycles. The van der Waals surface area contributed by atoms with E-state index in [-0.39, 0.29) is 30.2 Å². The summed E-state index contributed by atoms with van der Waals surface area (Å²) >= 11 is 12.6. The van der Waals surface area contributed by atoms with Crippen LogP contribution in [-0.4, -0.2) is 59.6 Å². The number of aliphatic hydroxyl groups excluding tert-OH is 2. The van der Waals surface area contributed by atoms with Gasteiger partial charge in [0.25, 0.3) is 5.16 Å². The zero-order valence-electron chi connectivity index (χ0n) is 13.4. The molecule has 0 radical (unpaired) electrons. The molecule has 144 valence electrons. The van der Waals surface area contributed by atoms with Gasteiger partial charge >= 0.3 is 10.1 Å². The van der Waals surface area contributed by atoms with Crippen molar-refractivity contribution in [3.8, 4) is 0 Å². The second-order valence-electron chi connectivity index (χ2n) is 6.59. The monoisotopic (exact) mass is 425 g/mol. The highest BCUT2D eigenvalue weighted by atomic mass is 35.5. The number of allylic oxidation sites excluding steroid dienone is 2. The van der Waals surface area contributed by atoms with Gasteiger partial charge in [0, 0.05) is 17.9 Å². The number of alkyl halides is 1. The molecule has 1 aromatic rings. The molecule has 4 N–H and O–H groups in total. The summed E-state index contributed by atoms with van der Waals surface area (Å²) in [6, 6.07) is 0. The number of halogens is 2. The normalized spacial score (nSPS) is 25.0. The summed E-state index contributed by atoms with van der Waals surface area (Å²) < 4.78 is 32.9. The summed E-state index contributed by atoms with van der Waals surface area (Å²) in [5.41, 5.74) is -1.21. The lowest BCUT2D eigenvalue weighted by Gasteiger charge is -2.35. The molecule has 1 heterocycles. The molecule has 12 heteroatoms. The van der Waals surface area contributed by atoms with E-state index in [1.807, 2.05) is 0 Å². The lowest BCUT2D eigenvalue weighted by molar-refractivity contribution is 0.00287. The van der Waals surface area contributed by atoms with E-state index < -0.39 is 31.9 Å². The second-order valence-corrected chi connectivity index (χ2v) is 9.04. The smallest absolute Gasteiger partial charge is 0.330 e. The van der Waals surface area contributed by atoms with E-state index >= 15 is 0 Å². The largest absolute Gasteiger partial charge is 0.509 e. The van der Waals surface area contributed by atoms with Gasteiger partial charge in [-0.2, -0.15) is 13.5 Å². The number of rotatable bonds is 6. The molecule has 26 heavy (non-hydrogen) atoms. The van der Waals surface area contributed by atoms with Crippen molar-refractivity contribution in [2.45, 2.75) is 54.0 Å². The molecular formula is C14H17Cl2N3O6S. The lowest BCUT2D eigenvalue weighted by Crippen LogP contribution is -2.46. The Balaban J connectivity index is 1.95. The van der Waals surface area contributed by atoms with E-state index in [1.54, 1.807) is 0 Å². The Hall–Kier alpha value is -1.17. The molecule has 0 aliphatic heterocycles. The summed E-state index contributed by atoms with van der Waals surface area (Å²) in [7, 11) is -4.63. The van der Waals surface area contributed by atoms with Gasteiger partial charge in [0.2, 0.25) is 0 Å². The Kier molecular flexibility index (Phi) is 4.87. The minimum absolute atomic E-state index is 0.00103. The minimum atomic E-state index is -4.63. The Morgan fingerprint density at radius 2 is 2.08 bits per heavy atom. The maximum Gasteiger partial charge on any atom is 0.330 e. The molecule has 0 spiro atoms. The van der Waals surface area contributed by atoms with Gasteiger partial charge in [0.05, 0.1) is 11.4 Å². The molecule has 1 aromatic heterocycles. The van der Waals surface area contributed by atoms with Gasteiger partial charge in [-0.3, -0.25) is 4.55 Å². The first-order chi connectivity index (χ1) is 12.0. The molecule has 2 atom stereocenters. The van der Waals surface area contributed by atoms with Crippen LogP contribution in [0.1, 0.15) is 25.7 Å². The minimum Gasteiger partial charge on any atom is -0.509 e. The molecule has 0 bridgehead atoms. The maximum absolute atomic E-state index is 11.4. The van der Waals surface area contributed by atoms with E-state index in [4.69, 9.17) is 23.2 Å². The quantitative estimate of drug-likeness (QED) is 0.391. The van der Waals surface area contributed by atoms with Crippen LogP contribution in [0.3, 0.4) is 0 Å². The van der Waals surface area contributed by atoms with E-state index in [1.165, 1.54) is 6.08 Å². The lowest BCUT2D eigenvalue weighted by atomic mass is 9.85. The number of hydrogen-bond acceptors (Lipinski definition) is 7. The van der Waals surface area contributed by atoms with Crippen molar-refractivity contribution in [1.29, 1.82) is 0 Å². The van der Waals surface area contributed by atoms with Crippen molar-refractivity contribution in [2.75, 3.05) is 0 Å². The van der Waals surface area contributed by atoms with E-state index in [2.05, 4.69) is 10.1 Å². The van der Waals surface area contributed by atoms with Gasteiger partial charge in [0.15, 0.2) is 0 Å². The summed E-state index contributed by atoms with van der Waals surface area (Å²) in [4.78, 5) is 2.46. The third-order valence-corrected chi connectivity index (χ3v) is 6.53. The fourth-order valence-electron chi connectivity index (χ4n) is 3.01. The van der Waals surface area contributed by atoms with Crippen LogP contribution in [0, 0.1) is 0 Å². The zero-order chi connectivity index (χ0) is 19.3. The first-order valence-corrected chi connectivity index (χ1v) is 9.87. The number of nitrogens with zero attached hydrogens (tertiary/aromatic N) is 3. The van der Waals surface area contributed by atoms with Crippen LogP contribution in [0.4, 0.5) is 0 Å². The Bertz CT molecular complexity index is 892. The third kappa shape index (κ3) is 3.62. The Morgan fingerprint density at radius 1 is 1.42 bits per heavy atom. The highest BCUT2D eigenvalue weighted by molar-refractivity contribution is 7.85. The molecule has 0 aromatic carbocycles. The van der Waals surface area contributed by atoms with Crippen LogP contribution in [0.25, 0.3) is 0 Å². The highest BCUT2D eigenvalue weighted by Gasteiger charge is 2.58. The van der Waals surface area contributed by atoms with Gasteiger partial charge in [-0.15, -0.1) is 11.6 Å². The Labute approximate surface area is 159 Å². The fraction of sp³-hybridized carbons (Fsp3) is 0.571. The summed E-state index contributed by atoms with van der Waals surface area (Å²) in [5.74, 6) is -0.278. The van der Waals surface area contributed by atoms with Crippen LogP contribution in [0.5, 0.6) is 0 Å². The number of hydrogen-bond donors (Lipinski definition) is 4. The zero-order valence-corrected chi connectivity index (χ0v) is 15.7. The first kappa shape index (κ1) is 19.6. The van der Waals surface area contributed by atoms with E-state index in [0.29, 0.717) is 18.4 Å². The molecular weight excluding hydrogens is 409 g/mol. The predicted octanol–water partition coefficient (Wildman–Crippen LogP) is 1.12. The van der Waals surface area contributed by atoms with Crippen molar-refractivity contribution >= 4 is 33.3 Å². The highest BCUT2D eigenvalue weighted by Crippen LogP contribution is 2.54. The van der Waals surface area contributed by atoms with Crippen molar-refractivity contribution in [3.05, 3.63) is 28.8 Å². The summed E-state index contributed by atoms with van der Waals surface area (Å²) in [6.07, 6.45) is 1.86. The fourth-order valence-corrected chi connectivity index (χ4v) is 4.05. The van der Waals surface area contributed by atoms with Gasteiger partial charge < -0.3 is 15.3 Å². The van der Waals surface area contributed by atoms with Crippen LogP contribution < -0.4 is 0 Å². The molecule has 2 unspecified atom stereocenters. The van der Waals surface area contributed by atoms with Crippen LogP contribution in [0.2, 0.25) is 0 Å². The summed E-state index contributed by atoms with van der Waals surface area (Å²) in [6.45, 7) is -0.356. The second kappa shape index (κ2) is 6.47. The van der Waals surface area contributed by atoms with Crippen molar-refractivity contribution < 1.29 is 28.3 Å². The average Bonchev–Trinajstić information content (AvgIpc) is 3.10. The van der Waals surface area contributed by atoms with E-state index in [9.17, 15) is 28.3 Å². The average molecular weight is 426 g/mol. The van der Waals surface area contributed by atoms with Crippen LogP contribution in [0.15, 0.2) is 33.9 Å². The topological polar surface area (TPSA) is 146 Å². The molecule has 0 amide bonds. The van der Waals surface area contributed by atoms with Crippen LogP contribution >= 0.6 is 23.2 Å². The van der Waals surface area contributed by atoms with Crippen molar-refractivity contribution in [2.24, 2.45) is 0 Å². The molecule has 1 fully saturated rings. The predicted molar refractivity (Wildman–Crippen MR) is 91.4 cm³/mol. The maximum atomic E-state index is 11.4. The molecule has 3 rings (SSSR count). The van der Waals surface area contributed by atoms with Gasteiger partial charge in [-0.05, 0) is 24.5 Å². The SMILES string of the molecule is O=S(=O)(O)c1ncnn1CC(O)(CC1=C(Cl)C=C(O)C(O)C1)C1(Cl)CC1. The first-order valence-electron chi connectivity index (χ1n) is 7.68. The Morgan fingerprint density at radius 3 is 2.65 bits per heavy atom. The number of aromatic nitrogens is 3. The van der Waals surface area contributed by atoms with Gasteiger partial charge in [-0.1, -0.05) is 11.6 Å². The van der Waals surface area contributed by atoms with E-state index in [0.717, 1.165) is 11.0 Å². The molecule has 9 nitrogen and oxygen atoms in total. The molecule has 2 aliphatic rings.